The van der Waals surface area contributed by atoms with E-state index in [-0.39, 0.29) is 41.1 Å². The Bertz CT molecular complexity index is 819. The van der Waals surface area contributed by atoms with E-state index in [1.165, 1.54) is 11.1 Å². The first-order chi connectivity index (χ1) is 13.3. The van der Waals surface area contributed by atoms with Gasteiger partial charge < -0.3 is 14.4 Å². The van der Waals surface area contributed by atoms with Crippen LogP contribution in [0.1, 0.15) is 62.5 Å². The van der Waals surface area contributed by atoms with Crippen LogP contribution in [0.15, 0.2) is 48.5 Å². The molecule has 29 heavy (non-hydrogen) atoms. The Hall–Kier alpha value is -1.05. The molecular formula is C22H29NaO5S. The molecule has 0 aliphatic heterocycles. The largest absolute Gasteiger partial charge is 1.00 e. The topological polar surface area (TPSA) is 86.7 Å². The first-order valence-electron chi connectivity index (χ1n) is 9.73. The Kier molecular flexibility index (Phi) is 11.3. The molecule has 2 atom stereocenters. The maximum Gasteiger partial charge on any atom is 1.00 e. The standard InChI is InChI=1S/C22H30O5S.Na/c1-3-18(20-6-10-21(23)11-7-20)16-17(2)19-8-12-22(13-9-19)27-14-4-5-15-28(24,25)26;/h6-13,17-18,23H,3-5,14-16H2,1-2H3,(H,24,25,26);/q;+1/p-1. The average molecular weight is 429 g/mol. The van der Waals surface area contributed by atoms with Crippen molar-refractivity contribution in [2.24, 2.45) is 0 Å². The molecule has 0 heterocycles. The second-order valence-corrected chi connectivity index (χ2v) is 8.74. The van der Waals surface area contributed by atoms with Gasteiger partial charge in [-0.3, -0.25) is 0 Å². The second kappa shape index (κ2) is 12.6. The van der Waals surface area contributed by atoms with Gasteiger partial charge in [0.15, 0.2) is 0 Å². The van der Waals surface area contributed by atoms with Crippen LogP contribution >= 0.6 is 0 Å². The van der Waals surface area contributed by atoms with Gasteiger partial charge >= 0.3 is 29.6 Å². The van der Waals surface area contributed by atoms with Crippen LogP contribution < -0.4 is 34.3 Å². The van der Waals surface area contributed by atoms with E-state index >= 15 is 0 Å². The zero-order valence-electron chi connectivity index (χ0n) is 17.5. The van der Waals surface area contributed by atoms with Crippen molar-refractivity contribution < 1.29 is 52.4 Å². The molecule has 0 radical (unpaired) electrons. The number of unbranched alkanes of at least 4 members (excludes halogenated alkanes) is 1. The Morgan fingerprint density at radius 2 is 1.59 bits per heavy atom. The summed E-state index contributed by atoms with van der Waals surface area (Å²) in [6.07, 6.45) is 2.90. The van der Waals surface area contributed by atoms with E-state index in [0.29, 0.717) is 31.3 Å². The van der Waals surface area contributed by atoms with Crippen LogP contribution in [0.5, 0.6) is 11.5 Å². The molecule has 0 fully saturated rings. The summed E-state index contributed by atoms with van der Waals surface area (Å²) in [5.41, 5.74) is 2.48. The van der Waals surface area contributed by atoms with Crippen molar-refractivity contribution in [3.8, 4) is 11.5 Å². The first-order valence-corrected chi connectivity index (χ1v) is 11.3. The van der Waals surface area contributed by atoms with Crippen molar-refractivity contribution in [3.63, 3.8) is 0 Å². The summed E-state index contributed by atoms with van der Waals surface area (Å²) in [7, 11) is -4.14. The van der Waals surface area contributed by atoms with E-state index < -0.39 is 10.1 Å². The molecule has 154 valence electrons. The molecule has 1 N–H and O–H groups in total. The van der Waals surface area contributed by atoms with E-state index in [9.17, 15) is 18.1 Å². The third-order valence-electron chi connectivity index (χ3n) is 5.00. The van der Waals surface area contributed by atoms with Gasteiger partial charge in [-0.25, -0.2) is 8.42 Å². The molecule has 0 aromatic heterocycles. The molecule has 0 spiro atoms. The van der Waals surface area contributed by atoms with Gasteiger partial charge in [-0.05, 0) is 72.9 Å². The van der Waals surface area contributed by atoms with Crippen LogP contribution in [-0.2, 0) is 10.1 Å². The summed E-state index contributed by atoms with van der Waals surface area (Å²) < 4.78 is 37.3. The molecule has 5 nitrogen and oxygen atoms in total. The third kappa shape index (κ3) is 9.53. The fraction of sp³-hybridized carbons (Fsp3) is 0.455. The summed E-state index contributed by atoms with van der Waals surface area (Å²) in [6, 6.07) is 15.4. The Balaban J connectivity index is 0.00000420. The maximum atomic E-state index is 10.6. The molecular weight excluding hydrogens is 399 g/mol. The Morgan fingerprint density at radius 3 is 2.14 bits per heavy atom. The van der Waals surface area contributed by atoms with Gasteiger partial charge in [0.1, 0.15) is 11.5 Å². The van der Waals surface area contributed by atoms with E-state index in [0.717, 1.165) is 18.6 Å². The van der Waals surface area contributed by atoms with Crippen molar-refractivity contribution in [1.82, 2.24) is 0 Å². The fourth-order valence-corrected chi connectivity index (χ4v) is 3.87. The van der Waals surface area contributed by atoms with Gasteiger partial charge in [-0.15, -0.1) is 0 Å². The molecule has 0 saturated carbocycles. The number of phenolic OH excluding ortho intramolecular Hbond substituents is 1. The summed E-state index contributed by atoms with van der Waals surface area (Å²) in [6.45, 7) is 4.78. The predicted octanol–water partition coefficient (Wildman–Crippen LogP) is 1.79. The second-order valence-electron chi connectivity index (χ2n) is 7.22. The smallest absolute Gasteiger partial charge is 0.748 e. The molecule has 7 heteroatoms. The number of rotatable bonds is 11. The van der Waals surface area contributed by atoms with E-state index in [1.807, 2.05) is 24.3 Å². The monoisotopic (exact) mass is 428 g/mol. The van der Waals surface area contributed by atoms with E-state index in [1.54, 1.807) is 12.1 Å². The minimum Gasteiger partial charge on any atom is -0.748 e. The van der Waals surface area contributed by atoms with Crippen LogP contribution in [0, 0.1) is 0 Å². The zero-order chi connectivity index (χ0) is 20.6. The quantitative estimate of drug-likeness (QED) is 0.335. The molecule has 0 saturated heterocycles. The van der Waals surface area contributed by atoms with Gasteiger partial charge in [0.05, 0.1) is 16.7 Å². The first kappa shape index (κ1) is 26.0. The van der Waals surface area contributed by atoms with E-state index in [2.05, 4.69) is 26.0 Å². The SMILES string of the molecule is CCC(CC(C)c1ccc(OCCCCS(=O)(=O)[O-])cc1)c1ccc(O)cc1.[Na+]. The summed E-state index contributed by atoms with van der Waals surface area (Å²) in [5, 5.41) is 9.47. The summed E-state index contributed by atoms with van der Waals surface area (Å²) in [4.78, 5) is 0. The Labute approximate surface area is 196 Å². The Morgan fingerprint density at radius 1 is 1.00 bits per heavy atom. The molecule has 0 aliphatic carbocycles. The molecule has 2 unspecified atom stereocenters. The normalized spacial score (nSPS) is 13.3. The van der Waals surface area contributed by atoms with Crippen LogP contribution in [0.4, 0.5) is 0 Å². The average Bonchev–Trinajstić information content (AvgIpc) is 2.66. The number of benzene rings is 2. The van der Waals surface area contributed by atoms with Gasteiger partial charge in [-0.1, -0.05) is 38.1 Å². The van der Waals surface area contributed by atoms with Gasteiger partial charge in [0, 0.05) is 5.75 Å². The van der Waals surface area contributed by atoms with Crippen LogP contribution in [0.25, 0.3) is 0 Å². The summed E-state index contributed by atoms with van der Waals surface area (Å²) in [5.74, 6) is 1.51. The predicted molar refractivity (Wildman–Crippen MR) is 110 cm³/mol. The van der Waals surface area contributed by atoms with Gasteiger partial charge in [-0.2, -0.15) is 0 Å². The van der Waals surface area contributed by atoms with Gasteiger partial charge in [0.2, 0.25) is 0 Å². The number of phenols is 1. The molecule has 2 rings (SSSR count). The molecule has 0 aliphatic rings. The van der Waals surface area contributed by atoms with Crippen molar-refractivity contribution in [2.75, 3.05) is 12.4 Å². The van der Waals surface area contributed by atoms with Crippen LogP contribution in [-0.4, -0.2) is 30.4 Å². The van der Waals surface area contributed by atoms with Crippen LogP contribution in [0.3, 0.4) is 0 Å². The molecule has 2 aromatic carbocycles. The van der Waals surface area contributed by atoms with Gasteiger partial charge in [0.25, 0.3) is 0 Å². The fourth-order valence-electron chi connectivity index (χ4n) is 3.31. The van der Waals surface area contributed by atoms with Crippen LogP contribution in [0.2, 0.25) is 0 Å². The van der Waals surface area contributed by atoms with Crippen molar-refractivity contribution in [1.29, 1.82) is 0 Å². The third-order valence-corrected chi connectivity index (χ3v) is 5.79. The minimum atomic E-state index is -4.14. The number of aromatic hydroxyl groups is 1. The zero-order valence-corrected chi connectivity index (χ0v) is 20.3. The maximum absolute atomic E-state index is 10.6. The summed E-state index contributed by atoms with van der Waals surface area (Å²) >= 11 is 0. The molecule has 0 amide bonds. The van der Waals surface area contributed by atoms with Crippen molar-refractivity contribution in [3.05, 3.63) is 59.7 Å². The molecule has 2 aromatic rings. The minimum absolute atomic E-state index is 0. The number of ether oxygens (including phenoxy) is 1. The number of hydrogen-bond donors (Lipinski definition) is 1. The number of hydrogen-bond acceptors (Lipinski definition) is 5. The van der Waals surface area contributed by atoms with E-state index in [4.69, 9.17) is 4.74 Å². The van der Waals surface area contributed by atoms with Crippen molar-refractivity contribution >= 4 is 10.1 Å². The van der Waals surface area contributed by atoms with Crippen molar-refractivity contribution in [2.45, 2.75) is 51.4 Å². The molecule has 0 bridgehead atoms.